The van der Waals surface area contributed by atoms with Crippen LogP contribution >= 0.6 is 0 Å². The van der Waals surface area contributed by atoms with Crippen molar-refractivity contribution in [3.05, 3.63) is 30.1 Å². The first kappa shape index (κ1) is 20.2. The van der Waals surface area contributed by atoms with Crippen LogP contribution in [0.15, 0.2) is 29.2 Å². The van der Waals surface area contributed by atoms with Gasteiger partial charge in [-0.1, -0.05) is 6.07 Å². The highest BCUT2D eigenvalue weighted by atomic mass is 32.2. The third kappa shape index (κ3) is 4.47. The lowest BCUT2D eigenvalue weighted by Crippen LogP contribution is -2.48. The van der Waals surface area contributed by atoms with Gasteiger partial charge in [-0.15, -0.1) is 0 Å². The molecule has 9 nitrogen and oxygen atoms in total. The minimum absolute atomic E-state index is 0.0517. The Bertz CT molecular complexity index is 867. The second-order valence-electron chi connectivity index (χ2n) is 6.54. The van der Waals surface area contributed by atoms with Crippen LogP contribution in [0.1, 0.15) is 19.3 Å². The number of benzene rings is 1. The summed E-state index contributed by atoms with van der Waals surface area (Å²) in [6.07, 6.45) is 0.189. The number of likely N-dealkylation sites (tertiary alicyclic amines) is 1. The topological polar surface area (TPSA) is 113 Å². The molecule has 0 spiro atoms. The predicted octanol–water partition coefficient (Wildman–Crippen LogP) is 0.464. The quantitative estimate of drug-likeness (QED) is 0.725. The summed E-state index contributed by atoms with van der Waals surface area (Å²) in [5, 5.41) is 0. The molecule has 0 atom stereocenters. The lowest BCUT2D eigenvalue weighted by molar-refractivity contribution is -0.133. The first-order chi connectivity index (χ1) is 13.3. The highest BCUT2D eigenvalue weighted by Gasteiger charge is 2.38. The van der Waals surface area contributed by atoms with Crippen molar-refractivity contribution in [3.8, 4) is 0 Å². The van der Waals surface area contributed by atoms with E-state index in [1.165, 1.54) is 12.1 Å². The Morgan fingerprint density at radius 2 is 1.96 bits per heavy atom. The zero-order valence-corrected chi connectivity index (χ0v) is 15.8. The fraction of sp³-hybridized carbons (Fsp3) is 0.471. The summed E-state index contributed by atoms with van der Waals surface area (Å²) in [4.78, 5) is 38.0. The van der Waals surface area contributed by atoms with Crippen LogP contribution in [0.4, 0.5) is 9.18 Å². The van der Waals surface area contributed by atoms with E-state index < -0.39 is 21.9 Å². The number of ether oxygens (including phenoxy) is 1. The summed E-state index contributed by atoms with van der Waals surface area (Å²) in [5.41, 5.74) is 0. The molecule has 3 amide bonds. The van der Waals surface area contributed by atoms with Gasteiger partial charge in [0.1, 0.15) is 5.82 Å². The van der Waals surface area contributed by atoms with E-state index in [0.717, 1.165) is 17.0 Å². The molecule has 152 valence electrons. The van der Waals surface area contributed by atoms with Crippen LogP contribution < -0.4 is 4.72 Å². The molecule has 28 heavy (non-hydrogen) atoms. The fourth-order valence-corrected chi connectivity index (χ4v) is 4.32. The van der Waals surface area contributed by atoms with Crippen molar-refractivity contribution >= 4 is 27.9 Å². The molecule has 2 aliphatic heterocycles. The third-order valence-electron chi connectivity index (χ3n) is 4.70. The normalized spacial score (nSPS) is 18.5. The van der Waals surface area contributed by atoms with Crippen molar-refractivity contribution in [2.45, 2.75) is 30.2 Å². The van der Waals surface area contributed by atoms with E-state index in [1.54, 1.807) is 4.90 Å². The number of cyclic esters (lactones) is 1. The van der Waals surface area contributed by atoms with E-state index in [9.17, 15) is 27.2 Å². The first-order valence-electron chi connectivity index (χ1n) is 8.80. The van der Waals surface area contributed by atoms with Gasteiger partial charge >= 0.3 is 6.09 Å². The van der Waals surface area contributed by atoms with Crippen molar-refractivity contribution in [2.24, 2.45) is 0 Å². The van der Waals surface area contributed by atoms with Crippen LogP contribution in [-0.4, -0.2) is 68.4 Å². The van der Waals surface area contributed by atoms with Crippen LogP contribution in [0.5, 0.6) is 0 Å². The molecule has 11 heteroatoms. The number of hydrogen-bond acceptors (Lipinski definition) is 6. The number of carbonyl (C=O) groups excluding carboxylic acids is 3. The summed E-state index contributed by atoms with van der Waals surface area (Å²) in [7, 11) is -3.90. The molecule has 2 fully saturated rings. The molecule has 0 saturated carbocycles. The monoisotopic (exact) mass is 413 g/mol. The molecule has 0 radical (unpaired) electrons. The van der Waals surface area contributed by atoms with Gasteiger partial charge in [-0.2, -0.15) is 0 Å². The number of halogens is 1. The Kier molecular flexibility index (Phi) is 5.94. The molecule has 0 aromatic heterocycles. The minimum atomic E-state index is -3.90. The Balaban J connectivity index is 1.46. The van der Waals surface area contributed by atoms with E-state index in [-0.39, 0.29) is 42.3 Å². The van der Waals surface area contributed by atoms with E-state index in [2.05, 4.69) is 4.72 Å². The molecule has 0 unspecified atom stereocenters. The minimum Gasteiger partial charge on any atom is -0.439 e. The van der Waals surface area contributed by atoms with Gasteiger partial charge < -0.3 is 9.64 Å². The third-order valence-corrected chi connectivity index (χ3v) is 6.16. The van der Waals surface area contributed by atoms with Gasteiger partial charge in [0.25, 0.3) is 5.91 Å². The molecular weight excluding hydrogens is 393 g/mol. The van der Waals surface area contributed by atoms with E-state index >= 15 is 0 Å². The van der Waals surface area contributed by atoms with Crippen molar-refractivity contribution in [1.29, 1.82) is 0 Å². The van der Waals surface area contributed by atoms with Gasteiger partial charge in [-0.3, -0.25) is 9.59 Å². The number of nitrogens with one attached hydrogen (secondary N) is 1. The van der Waals surface area contributed by atoms with Crippen molar-refractivity contribution in [2.75, 3.05) is 26.2 Å². The average molecular weight is 413 g/mol. The van der Waals surface area contributed by atoms with Crippen LogP contribution in [0.3, 0.4) is 0 Å². The maximum atomic E-state index is 13.2. The first-order valence-corrected chi connectivity index (χ1v) is 10.3. The number of hydrogen-bond donors (Lipinski definition) is 1. The highest BCUT2D eigenvalue weighted by molar-refractivity contribution is 7.89. The summed E-state index contributed by atoms with van der Waals surface area (Å²) < 4.78 is 44.4. The molecule has 3 rings (SSSR count). The molecule has 0 bridgehead atoms. The molecule has 1 N–H and O–H groups in total. The number of nitrogens with zero attached hydrogens (tertiary/aromatic N) is 2. The SMILES string of the molecule is O=C(CCNS(=O)(=O)c1cccc(F)c1)N1CCC(N2C(=O)COC2=O)CC1. The molecule has 2 heterocycles. The van der Waals surface area contributed by atoms with E-state index in [4.69, 9.17) is 4.74 Å². The summed E-state index contributed by atoms with van der Waals surface area (Å²) in [6, 6.07) is 4.31. The Morgan fingerprint density at radius 1 is 1.25 bits per heavy atom. The smallest absolute Gasteiger partial charge is 0.417 e. The van der Waals surface area contributed by atoms with Crippen LogP contribution in [0.25, 0.3) is 0 Å². The number of piperidine rings is 1. The molecular formula is C17H20FN3O6S. The van der Waals surface area contributed by atoms with Gasteiger partial charge in [-0.25, -0.2) is 27.2 Å². The van der Waals surface area contributed by atoms with E-state index in [0.29, 0.717) is 25.9 Å². The Labute approximate surface area is 161 Å². The number of carbonyl (C=O) groups is 3. The zero-order chi connectivity index (χ0) is 20.3. The summed E-state index contributed by atoms with van der Waals surface area (Å²) >= 11 is 0. The van der Waals surface area contributed by atoms with Gasteiger partial charge in [0, 0.05) is 32.1 Å². The van der Waals surface area contributed by atoms with Crippen molar-refractivity contribution in [1.82, 2.24) is 14.5 Å². The molecule has 2 saturated heterocycles. The maximum Gasteiger partial charge on any atom is 0.417 e. The van der Waals surface area contributed by atoms with Crippen molar-refractivity contribution < 1.29 is 31.9 Å². The highest BCUT2D eigenvalue weighted by Crippen LogP contribution is 2.21. The number of rotatable bonds is 6. The fourth-order valence-electron chi connectivity index (χ4n) is 3.26. The number of sulfonamides is 1. The molecule has 2 aliphatic rings. The zero-order valence-electron chi connectivity index (χ0n) is 15.0. The second-order valence-corrected chi connectivity index (χ2v) is 8.30. The van der Waals surface area contributed by atoms with Gasteiger partial charge in [0.15, 0.2) is 6.61 Å². The van der Waals surface area contributed by atoms with Gasteiger partial charge in [0.2, 0.25) is 15.9 Å². The van der Waals surface area contributed by atoms with Crippen LogP contribution in [0.2, 0.25) is 0 Å². The maximum absolute atomic E-state index is 13.2. The molecule has 1 aromatic rings. The van der Waals surface area contributed by atoms with Gasteiger partial charge in [0.05, 0.1) is 4.90 Å². The van der Waals surface area contributed by atoms with E-state index in [1.807, 2.05) is 0 Å². The second kappa shape index (κ2) is 8.23. The predicted molar refractivity (Wildman–Crippen MR) is 94.0 cm³/mol. The lowest BCUT2D eigenvalue weighted by atomic mass is 10.0. The lowest BCUT2D eigenvalue weighted by Gasteiger charge is -2.34. The number of imide groups is 1. The number of amides is 3. The van der Waals surface area contributed by atoms with Crippen molar-refractivity contribution in [3.63, 3.8) is 0 Å². The largest absolute Gasteiger partial charge is 0.439 e. The standard InChI is InChI=1S/C17H20FN3O6S/c18-12-2-1-3-14(10-12)28(25,26)19-7-4-15(22)20-8-5-13(6-9-20)21-16(23)11-27-17(21)24/h1-3,10,13,19H,4-9,11H2. The molecule has 0 aliphatic carbocycles. The Morgan fingerprint density at radius 3 is 2.57 bits per heavy atom. The average Bonchev–Trinajstić information content (AvgIpc) is 3.00. The van der Waals surface area contributed by atoms with Crippen LogP contribution in [-0.2, 0) is 24.3 Å². The van der Waals surface area contributed by atoms with Gasteiger partial charge in [-0.05, 0) is 31.0 Å². The van der Waals surface area contributed by atoms with Crippen LogP contribution in [0, 0.1) is 5.82 Å². The Hall–Kier alpha value is -2.53. The summed E-state index contributed by atoms with van der Waals surface area (Å²) in [6.45, 7) is 0.354. The summed E-state index contributed by atoms with van der Waals surface area (Å²) in [5.74, 6) is -1.28. The molecule has 1 aromatic carbocycles.